The predicted molar refractivity (Wildman–Crippen MR) is 74.7 cm³/mol. The van der Waals surface area contributed by atoms with Crippen molar-refractivity contribution in [1.82, 2.24) is 9.80 Å². The lowest BCUT2D eigenvalue weighted by Gasteiger charge is -2.33. The van der Waals surface area contributed by atoms with Crippen LogP contribution >= 0.6 is 0 Å². The molecule has 2 saturated heterocycles. The molecule has 110 valence electrons. The molecule has 0 aliphatic carbocycles. The Morgan fingerprint density at radius 2 is 1.79 bits per heavy atom. The number of carbonyl (C=O) groups excluding carboxylic acids is 1. The second-order valence-electron chi connectivity index (χ2n) is 5.66. The van der Waals surface area contributed by atoms with Gasteiger partial charge in [-0.1, -0.05) is 6.92 Å². The van der Waals surface area contributed by atoms with Gasteiger partial charge in [-0.15, -0.1) is 0 Å². The number of carbonyl (C=O) groups is 1. The van der Waals surface area contributed by atoms with Gasteiger partial charge in [0.15, 0.2) is 9.84 Å². The molecule has 0 spiro atoms. The first-order chi connectivity index (χ1) is 8.94. The second kappa shape index (κ2) is 5.79. The highest BCUT2D eigenvalue weighted by Gasteiger charge is 2.38. The van der Waals surface area contributed by atoms with E-state index in [2.05, 4.69) is 11.9 Å². The lowest BCUT2D eigenvalue weighted by molar-refractivity contribution is -0.130. The Morgan fingerprint density at radius 1 is 1.16 bits per heavy atom. The van der Waals surface area contributed by atoms with E-state index in [1.807, 2.05) is 4.90 Å². The van der Waals surface area contributed by atoms with Crippen molar-refractivity contribution >= 4 is 15.7 Å². The first-order valence-electron chi connectivity index (χ1n) is 7.14. The standard InChI is InChI=1S/C13H24N2O3S/c1-3-19(17,18)10-13(16)15-9-5-7-12(15)11-6-4-8-14(11)2/h11-12H,3-10H2,1-2H3/t11-,12+/m1/s1. The number of hydrogen-bond acceptors (Lipinski definition) is 4. The Hall–Kier alpha value is -0.620. The molecule has 0 unspecified atom stereocenters. The van der Waals surface area contributed by atoms with Crippen LogP contribution in [0.15, 0.2) is 0 Å². The number of hydrogen-bond donors (Lipinski definition) is 0. The molecule has 0 aromatic carbocycles. The van der Waals surface area contributed by atoms with E-state index in [0.717, 1.165) is 25.8 Å². The molecule has 2 rings (SSSR count). The van der Waals surface area contributed by atoms with Gasteiger partial charge >= 0.3 is 0 Å². The monoisotopic (exact) mass is 288 g/mol. The summed E-state index contributed by atoms with van der Waals surface area (Å²) in [5.41, 5.74) is 0. The van der Waals surface area contributed by atoms with E-state index < -0.39 is 9.84 Å². The molecular formula is C13H24N2O3S. The zero-order valence-corrected chi connectivity index (χ0v) is 12.7. The molecule has 2 aliphatic heterocycles. The van der Waals surface area contributed by atoms with Crippen LogP contribution in [0.1, 0.15) is 32.6 Å². The minimum atomic E-state index is -3.22. The third-order valence-corrected chi connectivity index (χ3v) is 5.99. The van der Waals surface area contributed by atoms with Crippen molar-refractivity contribution in [2.45, 2.75) is 44.7 Å². The second-order valence-corrected chi connectivity index (χ2v) is 8.02. The Labute approximate surface area is 115 Å². The van der Waals surface area contributed by atoms with Crippen LogP contribution in [-0.4, -0.2) is 67.9 Å². The van der Waals surface area contributed by atoms with Gasteiger partial charge in [-0.3, -0.25) is 4.79 Å². The summed E-state index contributed by atoms with van der Waals surface area (Å²) in [5.74, 6) is -0.485. The SMILES string of the molecule is CCS(=O)(=O)CC(=O)N1CCC[C@H]1[C@H]1CCCN1C. The topological polar surface area (TPSA) is 57.7 Å². The largest absolute Gasteiger partial charge is 0.337 e. The van der Waals surface area contributed by atoms with Crippen molar-refractivity contribution in [3.8, 4) is 0 Å². The van der Waals surface area contributed by atoms with Crippen LogP contribution in [0.5, 0.6) is 0 Å². The van der Waals surface area contributed by atoms with Crippen molar-refractivity contribution in [3.63, 3.8) is 0 Å². The number of rotatable bonds is 4. The summed E-state index contributed by atoms with van der Waals surface area (Å²) >= 11 is 0. The van der Waals surface area contributed by atoms with E-state index in [1.165, 1.54) is 6.42 Å². The molecule has 0 radical (unpaired) electrons. The number of sulfone groups is 1. The van der Waals surface area contributed by atoms with E-state index >= 15 is 0 Å². The summed E-state index contributed by atoms with van der Waals surface area (Å²) in [4.78, 5) is 16.4. The maximum Gasteiger partial charge on any atom is 0.238 e. The highest BCUT2D eigenvalue weighted by Crippen LogP contribution is 2.29. The van der Waals surface area contributed by atoms with Gasteiger partial charge in [-0.25, -0.2) is 8.42 Å². The molecule has 0 saturated carbocycles. The minimum absolute atomic E-state index is 0.0422. The van der Waals surface area contributed by atoms with Gasteiger partial charge in [0, 0.05) is 24.4 Å². The fraction of sp³-hybridized carbons (Fsp3) is 0.923. The molecule has 2 heterocycles. The summed E-state index contributed by atoms with van der Waals surface area (Å²) in [5, 5.41) is 0. The van der Waals surface area contributed by atoms with Crippen LogP contribution < -0.4 is 0 Å². The van der Waals surface area contributed by atoms with Gasteiger partial charge in [0.05, 0.1) is 0 Å². The fourth-order valence-electron chi connectivity index (χ4n) is 3.30. The molecule has 0 aromatic rings. The van der Waals surface area contributed by atoms with E-state index in [-0.39, 0.29) is 23.5 Å². The number of amides is 1. The first-order valence-corrected chi connectivity index (χ1v) is 8.97. The molecule has 1 amide bonds. The highest BCUT2D eigenvalue weighted by atomic mass is 32.2. The molecule has 2 atom stereocenters. The predicted octanol–water partition coefficient (Wildman–Crippen LogP) is 0.506. The molecule has 0 N–H and O–H groups in total. The van der Waals surface area contributed by atoms with Gasteiger partial charge in [-0.05, 0) is 39.3 Å². The molecule has 2 fully saturated rings. The van der Waals surface area contributed by atoms with Gasteiger partial charge in [-0.2, -0.15) is 0 Å². The van der Waals surface area contributed by atoms with Crippen molar-refractivity contribution < 1.29 is 13.2 Å². The van der Waals surface area contributed by atoms with Crippen LogP contribution in [0.2, 0.25) is 0 Å². The quantitative estimate of drug-likeness (QED) is 0.756. The number of likely N-dealkylation sites (N-methyl/N-ethyl adjacent to an activating group) is 1. The fourth-order valence-corrected chi connectivity index (χ4v) is 4.04. The smallest absolute Gasteiger partial charge is 0.238 e. The summed E-state index contributed by atoms with van der Waals surface area (Å²) in [6.07, 6.45) is 4.29. The third-order valence-electron chi connectivity index (χ3n) is 4.42. The van der Waals surface area contributed by atoms with Crippen LogP contribution in [-0.2, 0) is 14.6 Å². The number of likely N-dealkylation sites (tertiary alicyclic amines) is 2. The summed E-state index contributed by atoms with van der Waals surface area (Å²) in [6, 6.07) is 0.628. The molecule has 19 heavy (non-hydrogen) atoms. The van der Waals surface area contributed by atoms with E-state index in [1.54, 1.807) is 6.92 Å². The molecule has 5 nitrogen and oxygen atoms in total. The van der Waals surface area contributed by atoms with E-state index in [4.69, 9.17) is 0 Å². The normalized spacial score (nSPS) is 29.1. The number of nitrogens with zero attached hydrogens (tertiary/aromatic N) is 2. The first kappa shape index (κ1) is 14.8. The van der Waals surface area contributed by atoms with Crippen molar-refractivity contribution in [2.24, 2.45) is 0 Å². The average Bonchev–Trinajstić information content (AvgIpc) is 2.96. The van der Waals surface area contributed by atoms with Crippen LogP contribution in [0, 0.1) is 0 Å². The Morgan fingerprint density at radius 3 is 2.37 bits per heavy atom. The van der Waals surface area contributed by atoms with Gasteiger partial charge in [0.1, 0.15) is 5.75 Å². The van der Waals surface area contributed by atoms with Gasteiger partial charge < -0.3 is 9.80 Å². The van der Waals surface area contributed by atoms with Crippen LogP contribution in [0.3, 0.4) is 0 Å². The van der Waals surface area contributed by atoms with Crippen molar-refractivity contribution in [3.05, 3.63) is 0 Å². The lowest BCUT2D eigenvalue weighted by atomic mass is 10.0. The minimum Gasteiger partial charge on any atom is -0.337 e. The zero-order valence-electron chi connectivity index (χ0n) is 11.8. The molecule has 2 aliphatic rings. The van der Waals surface area contributed by atoms with Crippen LogP contribution in [0.25, 0.3) is 0 Å². The third kappa shape index (κ3) is 3.28. The average molecular weight is 288 g/mol. The molecule has 6 heteroatoms. The lowest BCUT2D eigenvalue weighted by Crippen LogP contribution is -2.48. The molecular weight excluding hydrogens is 264 g/mol. The van der Waals surface area contributed by atoms with Crippen LogP contribution in [0.4, 0.5) is 0 Å². The van der Waals surface area contributed by atoms with Crippen molar-refractivity contribution in [1.29, 1.82) is 0 Å². The van der Waals surface area contributed by atoms with Gasteiger partial charge in [0.25, 0.3) is 0 Å². The maximum atomic E-state index is 12.2. The zero-order chi connectivity index (χ0) is 14.0. The summed E-state index contributed by atoms with van der Waals surface area (Å²) in [7, 11) is -1.12. The summed E-state index contributed by atoms with van der Waals surface area (Å²) in [6.45, 7) is 3.39. The summed E-state index contributed by atoms with van der Waals surface area (Å²) < 4.78 is 23.2. The Bertz CT molecular complexity index is 435. The van der Waals surface area contributed by atoms with E-state index in [9.17, 15) is 13.2 Å². The maximum absolute atomic E-state index is 12.2. The Balaban J connectivity index is 2.04. The Kier molecular flexibility index (Phi) is 4.50. The van der Waals surface area contributed by atoms with Gasteiger partial charge in [0.2, 0.25) is 5.91 Å². The van der Waals surface area contributed by atoms with Crippen molar-refractivity contribution in [2.75, 3.05) is 31.6 Å². The molecule has 0 bridgehead atoms. The highest BCUT2D eigenvalue weighted by molar-refractivity contribution is 7.92. The van der Waals surface area contributed by atoms with E-state index in [0.29, 0.717) is 12.6 Å². The molecule has 0 aromatic heterocycles.